The van der Waals surface area contributed by atoms with Gasteiger partial charge in [0.1, 0.15) is 0 Å². The summed E-state index contributed by atoms with van der Waals surface area (Å²) in [5, 5.41) is 8.34. The fraction of sp³-hybridized carbons (Fsp3) is 0.240. The summed E-state index contributed by atoms with van der Waals surface area (Å²) >= 11 is 12.5. The van der Waals surface area contributed by atoms with E-state index in [4.69, 9.17) is 27.9 Å². The molecule has 2 aromatic carbocycles. The van der Waals surface area contributed by atoms with Crippen molar-refractivity contribution in [2.24, 2.45) is 0 Å². The number of aryl methyl sites for hydroxylation is 3. The molecule has 1 amide bonds. The van der Waals surface area contributed by atoms with Crippen molar-refractivity contribution in [1.82, 2.24) is 9.78 Å². The van der Waals surface area contributed by atoms with Gasteiger partial charge in [-0.15, -0.1) is 0 Å². The van der Waals surface area contributed by atoms with Crippen LogP contribution < -0.4 is 5.32 Å². The number of benzene rings is 2. The van der Waals surface area contributed by atoms with Crippen LogP contribution in [0.3, 0.4) is 0 Å². The lowest BCUT2D eigenvalue weighted by molar-refractivity contribution is -0.142. The first kappa shape index (κ1) is 24.6. The molecule has 0 unspecified atom stereocenters. The molecule has 0 aliphatic heterocycles. The summed E-state index contributed by atoms with van der Waals surface area (Å²) in [7, 11) is 0. The number of hydrogen-bond acceptors (Lipinski definition) is 4. The Balaban J connectivity index is 1.60. The maximum atomic E-state index is 12.2. The summed E-state index contributed by atoms with van der Waals surface area (Å²) in [4.78, 5) is 24.4. The van der Waals surface area contributed by atoms with E-state index < -0.39 is 18.5 Å². The highest BCUT2D eigenvalue weighted by atomic mass is 35.5. The van der Waals surface area contributed by atoms with Gasteiger partial charge in [0.2, 0.25) is 0 Å². The summed E-state index contributed by atoms with van der Waals surface area (Å²) in [5.41, 5.74) is 5.76. The molecule has 0 spiro atoms. The molecule has 172 valence electrons. The summed E-state index contributed by atoms with van der Waals surface area (Å²) < 4.78 is 6.91. The van der Waals surface area contributed by atoms with Crippen molar-refractivity contribution >= 4 is 46.8 Å². The van der Waals surface area contributed by atoms with E-state index in [1.807, 2.05) is 62.7 Å². The highest BCUT2D eigenvalue weighted by Crippen LogP contribution is 2.27. The first-order chi connectivity index (χ1) is 15.7. The first-order valence-electron chi connectivity index (χ1n) is 10.3. The lowest BCUT2D eigenvalue weighted by Crippen LogP contribution is -2.20. The second-order valence-corrected chi connectivity index (χ2v) is 8.58. The van der Waals surface area contributed by atoms with E-state index in [9.17, 15) is 9.59 Å². The lowest BCUT2D eigenvalue weighted by atomic mass is 10.1. The number of esters is 1. The second kappa shape index (κ2) is 10.7. The number of ether oxygens (including phenoxy) is 1. The molecule has 3 rings (SSSR count). The Bertz CT molecular complexity index is 1210. The molecular weight excluding hydrogens is 461 g/mol. The topological polar surface area (TPSA) is 73.2 Å². The largest absolute Gasteiger partial charge is 0.452 e. The quantitative estimate of drug-likeness (QED) is 0.345. The van der Waals surface area contributed by atoms with Gasteiger partial charge in [-0.3, -0.25) is 9.48 Å². The van der Waals surface area contributed by atoms with Crippen molar-refractivity contribution in [3.63, 3.8) is 0 Å². The van der Waals surface area contributed by atoms with Crippen LogP contribution in [0.4, 0.5) is 5.69 Å². The van der Waals surface area contributed by atoms with Crippen molar-refractivity contribution in [3.8, 4) is 0 Å². The number of halogens is 2. The van der Waals surface area contributed by atoms with Gasteiger partial charge < -0.3 is 10.1 Å². The molecule has 0 saturated carbocycles. The van der Waals surface area contributed by atoms with Crippen LogP contribution in [0.15, 0.2) is 42.5 Å². The Morgan fingerprint density at radius 2 is 1.82 bits per heavy atom. The van der Waals surface area contributed by atoms with Crippen LogP contribution in [0.2, 0.25) is 10.0 Å². The average molecular weight is 486 g/mol. The zero-order valence-electron chi connectivity index (χ0n) is 18.9. The number of anilines is 1. The number of rotatable bonds is 7. The molecule has 6 nitrogen and oxygen atoms in total. The van der Waals surface area contributed by atoms with Crippen molar-refractivity contribution in [1.29, 1.82) is 0 Å². The van der Waals surface area contributed by atoms with Crippen LogP contribution in [-0.2, 0) is 20.9 Å². The van der Waals surface area contributed by atoms with Gasteiger partial charge in [0.05, 0.1) is 22.9 Å². The van der Waals surface area contributed by atoms with Crippen LogP contribution in [0.5, 0.6) is 0 Å². The smallest absolute Gasteiger partial charge is 0.331 e. The Kier molecular flexibility index (Phi) is 7.95. The highest BCUT2D eigenvalue weighted by Gasteiger charge is 2.13. The molecule has 1 aromatic heterocycles. The van der Waals surface area contributed by atoms with Gasteiger partial charge in [0.15, 0.2) is 6.61 Å². The van der Waals surface area contributed by atoms with Gasteiger partial charge in [-0.25, -0.2) is 4.79 Å². The maximum Gasteiger partial charge on any atom is 0.331 e. The van der Waals surface area contributed by atoms with Crippen LogP contribution in [0.25, 0.3) is 6.08 Å². The van der Waals surface area contributed by atoms with Gasteiger partial charge in [-0.2, -0.15) is 5.10 Å². The standard InChI is InChI=1S/C25H25Cl2N3O3/c1-15-11-16(2)25(22(27)12-15)28-23(31)14-33-24(32)10-9-20-17(3)29-30(18(20)4)13-19-7-5-6-8-21(19)26/h5-12H,13-14H2,1-4H3,(H,28,31)/b10-9+. The molecule has 1 heterocycles. The van der Waals surface area contributed by atoms with E-state index in [1.165, 1.54) is 6.08 Å². The second-order valence-electron chi connectivity index (χ2n) is 7.76. The highest BCUT2D eigenvalue weighted by molar-refractivity contribution is 6.34. The summed E-state index contributed by atoms with van der Waals surface area (Å²) in [6.07, 6.45) is 2.93. The predicted molar refractivity (Wildman–Crippen MR) is 132 cm³/mol. The third-order valence-corrected chi connectivity index (χ3v) is 5.81. The van der Waals surface area contributed by atoms with Crippen molar-refractivity contribution in [2.75, 3.05) is 11.9 Å². The van der Waals surface area contributed by atoms with Crippen LogP contribution in [0, 0.1) is 27.7 Å². The predicted octanol–water partition coefficient (Wildman–Crippen LogP) is 5.67. The normalized spacial score (nSPS) is 11.1. The number of hydrogen-bond donors (Lipinski definition) is 1. The monoisotopic (exact) mass is 485 g/mol. The fourth-order valence-corrected chi connectivity index (χ4v) is 4.04. The molecule has 0 bridgehead atoms. The molecule has 0 fully saturated rings. The van der Waals surface area contributed by atoms with E-state index in [0.717, 1.165) is 33.6 Å². The van der Waals surface area contributed by atoms with E-state index >= 15 is 0 Å². The van der Waals surface area contributed by atoms with Crippen LogP contribution in [0.1, 0.15) is 33.6 Å². The molecule has 0 radical (unpaired) electrons. The summed E-state index contributed by atoms with van der Waals surface area (Å²) in [6.45, 7) is 7.65. The molecule has 0 aliphatic rings. The van der Waals surface area contributed by atoms with E-state index in [0.29, 0.717) is 22.3 Å². The minimum Gasteiger partial charge on any atom is -0.452 e. The number of carbonyl (C=O) groups excluding carboxylic acids is 2. The molecule has 0 aliphatic carbocycles. The number of nitrogens with zero attached hydrogens (tertiary/aromatic N) is 2. The van der Waals surface area contributed by atoms with Gasteiger partial charge in [0, 0.05) is 22.4 Å². The van der Waals surface area contributed by atoms with Gasteiger partial charge in [-0.05, 0) is 62.6 Å². The SMILES string of the molecule is Cc1cc(C)c(NC(=O)COC(=O)/C=C/c2c(C)nn(Cc3ccccc3Cl)c2C)c(Cl)c1. The number of nitrogens with one attached hydrogen (secondary N) is 1. The van der Waals surface area contributed by atoms with E-state index in [-0.39, 0.29) is 0 Å². The van der Waals surface area contributed by atoms with Crippen LogP contribution in [-0.4, -0.2) is 28.3 Å². The summed E-state index contributed by atoms with van der Waals surface area (Å²) in [5.74, 6) is -1.10. The van der Waals surface area contributed by atoms with E-state index in [1.54, 1.807) is 12.1 Å². The molecular formula is C25H25Cl2N3O3. The van der Waals surface area contributed by atoms with Crippen molar-refractivity contribution in [3.05, 3.63) is 86.2 Å². The third kappa shape index (κ3) is 6.24. The lowest BCUT2D eigenvalue weighted by Gasteiger charge is -2.11. The maximum absolute atomic E-state index is 12.2. The van der Waals surface area contributed by atoms with Crippen LogP contribution >= 0.6 is 23.2 Å². The van der Waals surface area contributed by atoms with Crippen molar-refractivity contribution in [2.45, 2.75) is 34.2 Å². The van der Waals surface area contributed by atoms with Crippen molar-refractivity contribution < 1.29 is 14.3 Å². The zero-order valence-corrected chi connectivity index (χ0v) is 20.4. The number of aromatic nitrogens is 2. The Hall–Kier alpha value is -3.09. The van der Waals surface area contributed by atoms with Gasteiger partial charge >= 0.3 is 5.97 Å². The zero-order chi connectivity index (χ0) is 24.1. The number of carbonyl (C=O) groups is 2. The third-order valence-electron chi connectivity index (χ3n) is 5.14. The first-order valence-corrected chi connectivity index (χ1v) is 11.1. The van der Waals surface area contributed by atoms with Gasteiger partial charge in [-0.1, -0.05) is 47.5 Å². The molecule has 33 heavy (non-hydrogen) atoms. The molecule has 3 aromatic rings. The minimum atomic E-state index is -0.630. The Morgan fingerprint density at radius 3 is 2.52 bits per heavy atom. The average Bonchev–Trinajstić information content (AvgIpc) is 3.01. The van der Waals surface area contributed by atoms with E-state index in [2.05, 4.69) is 10.4 Å². The fourth-order valence-electron chi connectivity index (χ4n) is 3.48. The summed E-state index contributed by atoms with van der Waals surface area (Å²) in [6, 6.07) is 11.3. The molecule has 0 saturated heterocycles. The molecule has 1 N–H and O–H groups in total. The number of amides is 1. The Morgan fingerprint density at radius 1 is 1.09 bits per heavy atom. The van der Waals surface area contributed by atoms with Gasteiger partial charge in [0.25, 0.3) is 5.91 Å². The Labute approximate surface area is 203 Å². The minimum absolute atomic E-state index is 0.420. The molecule has 8 heteroatoms. The molecule has 0 atom stereocenters.